The predicted molar refractivity (Wildman–Crippen MR) is 123 cm³/mol. The summed E-state index contributed by atoms with van der Waals surface area (Å²) in [4.78, 5) is 23.4. The maximum Gasteiger partial charge on any atom is 0.175 e. The molecule has 2 heterocycles. The molecule has 33 heavy (non-hydrogen) atoms. The zero-order chi connectivity index (χ0) is 23.9. The molecule has 1 N–H and O–H groups in total. The van der Waals surface area contributed by atoms with E-state index in [-0.39, 0.29) is 11.3 Å². The van der Waals surface area contributed by atoms with Gasteiger partial charge in [0, 0.05) is 31.7 Å². The Morgan fingerprint density at radius 3 is 1.88 bits per heavy atom. The summed E-state index contributed by atoms with van der Waals surface area (Å²) >= 11 is 0. The number of para-hydroxylation sites is 1. The molecule has 0 spiro atoms. The van der Waals surface area contributed by atoms with E-state index in [1.165, 1.54) is 19.2 Å². The average Bonchev–Trinajstić information content (AvgIpc) is 2.90. The number of morpholine rings is 2. The highest BCUT2D eigenvalue weighted by molar-refractivity contribution is 5.87. The molecule has 0 radical (unpaired) electrons. The molecule has 8 nitrogen and oxygen atoms in total. The molecule has 0 amide bonds. The van der Waals surface area contributed by atoms with Gasteiger partial charge in [0.25, 0.3) is 0 Å². The smallest absolute Gasteiger partial charge is 0.175 e. The fourth-order valence-electron chi connectivity index (χ4n) is 3.22. The minimum Gasteiger partial charge on any atom is -0.495 e. The number of anilines is 1. The van der Waals surface area contributed by atoms with E-state index in [9.17, 15) is 14.0 Å². The number of hydrogen-bond donors (Lipinski definition) is 1. The summed E-state index contributed by atoms with van der Waals surface area (Å²) in [5.74, 6) is 0.228. The number of ether oxygens (including phenoxy) is 4. The van der Waals surface area contributed by atoms with Crippen LogP contribution in [0.15, 0.2) is 36.4 Å². The standard InChI is InChI=1S/C12H15NO3.C8H7FO2.C4H9NO/c1-15-11-4-2-3-10(9-14)12(11)13-5-7-16-8-6-13;1-11-7-4-2-3-6(5-10)8(7)9;1-3-6-4-2-5-1/h2-4,9H,5-8H2,1H3;2-5H,1H3;5H,1-4H2. The Labute approximate surface area is 193 Å². The highest BCUT2D eigenvalue weighted by Gasteiger charge is 2.18. The van der Waals surface area contributed by atoms with E-state index in [1.807, 2.05) is 12.1 Å². The fraction of sp³-hybridized carbons (Fsp3) is 0.417. The zero-order valence-electron chi connectivity index (χ0n) is 19.1. The number of methoxy groups -OCH3 is 2. The topological polar surface area (TPSA) is 86.3 Å². The number of aldehydes is 2. The summed E-state index contributed by atoms with van der Waals surface area (Å²) < 4.78 is 33.2. The van der Waals surface area contributed by atoms with E-state index in [0.717, 1.165) is 57.1 Å². The zero-order valence-corrected chi connectivity index (χ0v) is 19.1. The number of hydrogen-bond acceptors (Lipinski definition) is 8. The van der Waals surface area contributed by atoms with Crippen LogP contribution in [0.4, 0.5) is 10.1 Å². The van der Waals surface area contributed by atoms with Gasteiger partial charge in [0.1, 0.15) is 5.75 Å². The molecule has 0 bridgehead atoms. The van der Waals surface area contributed by atoms with Gasteiger partial charge in [-0.3, -0.25) is 9.59 Å². The largest absolute Gasteiger partial charge is 0.495 e. The molecule has 2 fully saturated rings. The first-order valence-corrected chi connectivity index (χ1v) is 10.7. The highest BCUT2D eigenvalue weighted by atomic mass is 19.1. The maximum absolute atomic E-state index is 12.9. The van der Waals surface area contributed by atoms with Crippen molar-refractivity contribution in [3.05, 3.63) is 53.3 Å². The molecule has 2 aliphatic rings. The number of rotatable bonds is 5. The lowest BCUT2D eigenvalue weighted by atomic mass is 10.1. The second kappa shape index (κ2) is 14.9. The summed E-state index contributed by atoms with van der Waals surface area (Å²) in [6.07, 6.45) is 1.32. The number of benzene rings is 2. The summed E-state index contributed by atoms with van der Waals surface area (Å²) in [6.45, 7) is 6.80. The van der Waals surface area contributed by atoms with Crippen molar-refractivity contribution in [2.45, 2.75) is 0 Å². The van der Waals surface area contributed by atoms with Crippen LogP contribution in [0.1, 0.15) is 20.7 Å². The van der Waals surface area contributed by atoms with Gasteiger partial charge in [0.2, 0.25) is 0 Å². The van der Waals surface area contributed by atoms with E-state index in [0.29, 0.717) is 25.1 Å². The average molecular weight is 463 g/mol. The van der Waals surface area contributed by atoms with Crippen molar-refractivity contribution < 1.29 is 32.9 Å². The third kappa shape index (κ3) is 8.12. The number of halogens is 1. The lowest BCUT2D eigenvalue weighted by Crippen LogP contribution is -2.37. The minimum atomic E-state index is -0.606. The van der Waals surface area contributed by atoms with Crippen LogP contribution >= 0.6 is 0 Å². The van der Waals surface area contributed by atoms with Crippen LogP contribution in [0.5, 0.6) is 11.5 Å². The van der Waals surface area contributed by atoms with Gasteiger partial charge in [-0.15, -0.1) is 0 Å². The highest BCUT2D eigenvalue weighted by Crippen LogP contribution is 2.31. The van der Waals surface area contributed by atoms with Crippen LogP contribution in [-0.2, 0) is 9.47 Å². The van der Waals surface area contributed by atoms with E-state index < -0.39 is 5.82 Å². The van der Waals surface area contributed by atoms with Crippen LogP contribution in [0.25, 0.3) is 0 Å². The maximum atomic E-state index is 12.9. The summed E-state index contributed by atoms with van der Waals surface area (Å²) in [5.41, 5.74) is 1.56. The molecule has 2 saturated heterocycles. The first kappa shape index (κ1) is 26.2. The van der Waals surface area contributed by atoms with Crippen molar-refractivity contribution in [3.63, 3.8) is 0 Å². The third-order valence-corrected chi connectivity index (χ3v) is 4.89. The van der Waals surface area contributed by atoms with Gasteiger partial charge in [-0.2, -0.15) is 0 Å². The third-order valence-electron chi connectivity index (χ3n) is 4.89. The molecule has 9 heteroatoms. The van der Waals surface area contributed by atoms with Gasteiger partial charge in [-0.25, -0.2) is 4.39 Å². The van der Waals surface area contributed by atoms with Gasteiger partial charge in [0.05, 0.1) is 51.9 Å². The molecular formula is C24H31FN2O6. The van der Waals surface area contributed by atoms with Crippen molar-refractivity contribution in [1.29, 1.82) is 0 Å². The Bertz CT molecular complexity index is 859. The lowest BCUT2D eigenvalue weighted by molar-refractivity contribution is 0.109. The number of carbonyl (C=O) groups excluding carboxylic acids is 2. The van der Waals surface area contributed by atoms with Gasteiger partial charge in [-0.1, -0.05) is 12.1 Å². The van der Waals surface area contributed by atoms with Crippen molar-refractivity contribution >= 4 is 18.3 Å². The van der Waals surface area contributed by atoms with Gasteiger partial charge in [0.15, 0.2) is 24.1 Å². The van der Waals surface area contributed by atoms with Gasteiger partial charge >= 0.3 is 0 Å². The Kier molecular flexibility index (Phi) is 11.9. The van der Waals surface area contributed by atoms with E-state index in [2.05, 4.69) is 15.0 Å². The molecule has 180 valence electrons. The molecular weight excluding hydrogens is 431 g/mol. The first-order valence-electron chi connectivity index (χ1n) is 10.7. The minimum absolute atomic E-state index is 0.0179. The Morgan fingerprint density at radius 2 is 1.39 bits per heavy atom. The Balaban J connectivity index is 0.000000195. The van der Waals surface area contributed by atoms with E-state index >= 15 is 0 Å². The van der Waals surface area contributed by atoms with Crippen LogP contribution in [0.3, 0.4) is 0 Å². The second-order valence-corrected chi connectivity index (χ2v) is 6.96. The van der Waals surface area contributed by atoms with Crippen molar-refractivity contribution in [3.8, 4) is 11.5 Å². The van der Waals surface area contributed by atoms with Gasteiger partial charge in [-0.05, 0) is 24.3 Å². The lowest BCUT2D eigenvalue weighted by Gasteiger charge is -2.30. The van der Waals surface area contributed by atoms with Crippen molar-refractivity contribution in [1.82, 2.24) is 5.32 Å². The Hall–Kier alpha value is -3.01. The monoisotopic (exact) mass is 462 g/mol. The van der Waals surface area contributed by atoms with Gasteiger partial charge < -0.3 is 29.2 Å². The van der Waals surface area contributed by atoms with E-state index in [4.69, 9.17) is 14.2 Å². The second-order valence-electron chi connectivity index (χ2n) is 6.96. The molecule has 2 aromatic rings. The molecule has 0 aromatic heterocycles. The molecule has 0 aliphatic carbocycles. The van der Waals surface area contributed by atoms with Crippen molar-refractivity contribution in [2.75, 3.05) is 71.7 Å². The summed E-state index contributed by atoms with van der Waals surface area (Å²) in [6, 6.07) is 9.92. The summed E-state index contributed by atoms with van der Waals surface area (Å²) in [5, 5.41) is 3.16. The molecule has 0 atom stereocenters. The van der Waals surface area contributed by atoms with Crippen LogP contribution in [-0.4, -0.2) is 79.4 Å². The number of nitrogens with zero attached hydrogens (tertiary/aromatic N) is 1. The molecule has 0 unspecified atom stereocenters. The SMILES string of the molecule is C1COCCN1.COc1cccc(C=O)c1F.COc1cccc(C=O)c1N1CCOCC1. The molecule has 0 saturated carbocycles. The fourth-order valence-corrected chi connectivity index (χ4v) is 3.22. The molecule has 2 aromatic carbocycles. The molecule has 2 aliphatic heterocycles. The molecule has 4 rings (SSSR count). The number of nitrogens with one attached hydrogen (secondary N) is 1. The summed E-state index contributed by atoms with van der Waals surface area (Å²) in [7, 11) is 2.97. The van der Waals surface area contributed by atoms with Crippen LogP contribution < -0.4 is 19.7 Å². The normalized spacial score (nSPS) is 15.2. The number of carbonyl (C=O) groups is 2. The van der Waals surface area contributed by atoms with E-state index in [1.54, 1.807) is 19.2 Å². The predicted octanol–water partition coefficient (Wildman–Crippen LogP) is 2.60. The van der Waals surface area contributed by atoms with Crippen molar-refractivity contribution in [2.24, 2.45) is 0 Å². The van der Waals surface area contributed by atoms with Crippen LogP contribution in [0, 0.1) is 5.82 Å². The Morgan fingerprint density at radius 1 is 0.848 bits per heavy atom. The quantitative estimate of drug-likeness (QED) is 0.679. The first-order chi connectivity index (χ1) is 16.2. The van der Waals surface area contributed by atoms with Crippen LogP contribution in [0.2, 0.25) is 0 Å².